The fourth-order valence-corrected chi connectivity index (χ4v) is 1.25. The van der Waals surface area contributed by atoms with Crippen LogP contribution >= 0.6 is 23.8 Å². The highest BCUT2D eigenvalue weighted by atomic mass is 35.5. The molecule has 1 unspecified atom stereocenters. The Morgan fingerprint density at radius 2 is 2.24 bits per heavy atom. The van der Waals surface area contributed by atoms with E-state index in [1.165, 1.54) is 0 Å². The average molecular weight is 274 g/mol. The van der Waals surface area contributed by atoms with E-state index in [0.717, 1.165) is 0 Å². The summed E-state index contributed by atoms with van der Waals surface area (Å²) in [6.45, 7) is 1.59. The summed E-state index contributed by atoms with van der Waals surface area (Å²) in [4.78, 5) is 11.5. The van der Waals surface area contributed by atoms with Crippen LogP contribution in [0.2, 0.25) is 5.02 Å². The van der Waals surface area contributed by atoms with E-state index >= 15 is 0 Å². The van der Waals surface area contributed by atoms with Crippen LogP contribution in [-0.4, -0.2) is 17.1 Å². The minimum Gasteiger partial charge on any atom is -0.481 e. The van der Waals surface area contributed by atoms with Crippen molar-refractivity contribution in [3.63, 3.8) is 0 Å². The smallest absolute Gasteiger partial charge is 0.279 e. The number of carbonyl (C=O) groups excluding carboxylic acids is 1. The first-order valence-electron chi connectivity index (χ1n) is 4.76. The third-order valence-corrected chi connectivity index (χ3v) is 2.12. The summed E-state index contributed by atoms with van der Waals surface area (Å²) in [5.74, 6) is 0.119. The number of thiocarbonyl (C=S) groups is 1. The molecule has 0 spiro atoms. The first kappa shape index (κ1) is 13.5. The molecule has 0 heterocycles. The van der Waals surface area contributed by atoms with E-state index in [-0.39, 0.29) is 5.11 Å². The van der Waals surface area contributed by atoms with Gasteiger partial charge in [0, 0.05) is 5.02 Å². The lowest BCUT2D eigenvalue weighted by atomic mass is 10.3. The zero-order chi connectivity index (χ0) is 12.8. The van der Waals surface area contributed by atoms with E-state index in [4.69, 9.17) is 22.1 Å². The molecule has 0 saturated heterocycles. The van der Waals surface area contributed by atoms with E-state index in [1.54, 1.807) is 31.2 Å². The van der Waals surface area contributed by atoms with Gasteiger partial charge in [-0.15, -0.1) is 0 Å². The maximum Gasteiger partial charge on any atom is 0.279 e. The third-order valence-electron chi connectivity index (χ3n) is 1.79. The number of rotatable bonds is 3. The highest BCUT2D eigenvalue weighted by Crippen LogP contribution is 2.18. The zero-order valence-electron chi connectivity index (χ0n) is 9.07. The van der Waals surface area contributed by atoms with Crippen LogP contribution in [-0.2, 0) is 4.79 Å². The standard InChI is InChI=1S/C10H12ClN3O2S/c1-6(9(15)13-14-10(12)17)16-8-4-2-3-7(11)5-8/h2-6H,1H3,(H,13,15)(H3,12,14,17). The molecule has 0 bridgehead atoms. The Bertz CT molecular complexity index is 428. The molecule has 1 rings (SSSR count). The number of hydrogen-bond acceptors (Lipinski definition) is 3. The van der Waals surface area contributed by atoms with E-state index in [9.17, 15) is 4.79 Å². The number of nitrogens with two attached hydrogens (primary N) is 1. The fourth-order valence-electron chi connectivity index (χ4n) is 1.02. The Hall–Kier alpha value is -1.53. The molecule has 1 aromatic rings. The van der Waals surface area contributed by atoms with Gasteiger partial charge in [-0.05, 0) is 37.3 Å². The molecule has 17 heavy (non-hydrogen) atoms. The summed E-state index contributed by atoms with van der Waals surface area (Å²) < 4.78 is 5.37. The molecule has 0 aliphatic rings. The van der Waals surface area contributed by atoms with Crippen LogP contribution in [0.1, 0.15) is 6.92 Å². The minimum atomic E-state index is -0.699. The molecular weight excluding hydrogens is 262 g/mol. The molecule has 0 saturated carbocycles. The number of ether oxygens (including phenoxy) is 1. The van der Waals surface area contributed by atoms with Crippen LogP contribution in [0.4, 0.5) is 0 Å². The molecule has 92 valence electrons. The van der Waals surface area contributed by atoms with Crippen LogP contribution in [0.15, 0.2) is 24.3 Å². The average Bonchev–Trinajstić information content (AvgIpc) is 2.25. The monoisotopic (exact) mass is 273 g/mol. The second kappa shape index (κ2) is 6.27. The Morgan fingerprint density at radius 1 is 1.53 bits per heavy atom. The van der Waals surface area contributed by atoms with Crippen LogP contribution < -0.4 is 21.3 Å². The van der Waals surface area contributed by atoms with Gasteiger partial charge in [0.15, 0.2) is 11.2 Å². The molecule has 0 fully saturated rings. The third kappa shape index (κ3) is 4.88. The summed E-state index contributed by atoms with van der Waals surface area (Å²) in [5.41, 5.74) is 9.79. The largest absolute Gasteiger partial charge is 0.481 e. The van der Waals surface area contributed by atoms with Gasteiger partial charge >= 0.3 is 0 Å². The molecule has 1 aromatic carbocycles. The van der Waals surface area contributed by atoms with Gasteiger partial charge in [-0.3, -0.25) is 15.6 Å². The maximum atomic E-state index is 11.5. The molecule has 4 N–H and O–H groups in total. The van der Waals surface area contributed by atoms with Crippen LogP contribution in [0.3, 0.4) is 0 Å². The number of hydrazine groups is 1. The van der Waals surface area contributed by atoms with E-state index in [2.05, 4.69) is 23.1 Å². The van der Waals surface area contributed by atoms with Gasteiger partial charge in [-0.2, -0.15) is 0 Å². The van der Waals surface area contributed by atoms with Gasteiger partial charge < -0.3 is 10.5 Å². The number of carbonyl (C=O) groups is 1. The minimum absolute atomic E-state index is 0.0201. The maximum absolute atomic E-state index is 11.5. The Kier molecular flexibility index (Phi) is 4.99. The molecular formula is C10H12ClN3O2S. The van der Waals surface area contributed by atoms with Crippen molar-refractivity contribution in [3.05, 3.63) is 29.3 Å². The van der Waals surface area contributed by atoms with Crippen molar-refractivity contribution in [1.29, 1.82) is 0 Å². The SMILES string of the molecule is CC(Oc1cccc(Cl)c1)C(=O)NNC(N)=S. The van der Waals surface area contributed by atoms with Crippen molar-refractivity contribution < 1.29 is 9.53 Å². The second-order valence-corrected chi connectivity index (χ2v) is 4.07. The van der Waals surface area contributed by atoms with Crippen molar-refractivity contribution in [2.75, 3.05) is 0 Å². The molecule has 1 amide bonds. The summed E-state index contributed by atoms with van der Waals surface area (Å²) in [6.07, 6.45) is -0.699. The molecule has 7 heteroatoms. The molecule has 5 nitrogen and oxygen atoms in total. The second-order valence-electron chi connectivity index (χ2n) is 3.20. The number of nitrogens with one attached hydrogen (secondary N) is 2. The van der Waals surface area contributed by atoms with Gasteiger partial charge in [0.1, 0.15) is 5.75 Å². The van der Waals surface area contributed by atoms with Crippen LogP contribution in [0.5, 0.6) is 5.75 Å². The van der Waals surface area contributed by atoms with Crippen LogP contribution in [0.25, 0.3) is 0 Å². The number of hydrogen-bond donors (Lipinski definition) is 3. The summed E-state index contributed by atoms with van der Waals surface area (Å²) in [7, 11) is 0. The molecule has 0 aromatic heterocycles. The number of amides is 1. The lowest BCUT2D eigenvalue weighted by molar-refractivity contribution is -0.127. The quantitative estimate of drug-likeness (QED) is 0.565. The van der Waals surface area contributed by atoms with Gasteiger partial charge in [0.25, 0.3) is 5.91 Å². The summed E-state index contributed by atoms with van der Waals surface area (Å²) in [5, 5.41) is 0.518. The van der Waals surface area contributed by atoms with E-state index in [0.29, 0.717) is 10.8 Å². The first-order chi connectivity index (χ1) is 7.99. The Morgan fingerprint density at radius 3 is 2.82 bits per heavy atom. The molecule has 1 atom stereocenters. The van der Waals surface area contributed by atoms with E-state index < -0.39 is 12.0 Å². The number of benzene rings is 1. The molecule has 0 aliphatic carbocycles. The number of halogens is 1. The lowest BCUT2D eigenvalue weighted by Crippen LogP contribution is -2.48. The fraction of sp³-hybridized carbons (Fsp3) is 0.200. The Balaban J connectivity index is 2.51. The zero-order valence-corrected chi connectivity index (χ0v) is 10.6. The highest BCUT2D eigenvalue weighted by molar-refractivity contribution is 7.80. The van der Waals surface area contributed by atoms with Gasteiger partial charge in [-0.1, -0.05) is 17.7 Å². The Labute approximate surface area is 109 Å². The first-order valence-corrected chi connectivity index (χ1v) is 5.55. The predicted molar refractivity (Wildman–Crippen MR) is 69.6 cm³/mol. The van der Waals surface area contributed by atoms with Gasteiger partial charge in [0.05, 0.1) is 0 Å². The van der Waals surface area contributed by atoms with Crippen molar-refractivity contribution >= 4 is 34.8 Å². The van der Waals surface area contributed by atoms with Gasteiger partial charge in [0.2, 0.25) is 0 Å². The highest BCUT2D eigenvalue weighted by Gasteiger charge is 2.14. The van der Waals surface area contributed by atoms with Crippen molar-refractivity contribution in [2.45, 2.75) is 13.0 Å². The topological polar surface area (TPSA) is 76.4 Å². The van der Waals surface area contributed by atoms with Gasteiger partial charge in [-0.25, -0.2) is 0 Å². The molecule has 0 aliphatic heterocycles. The molecule has 0 radical (unpaired) electrons. The summed E-state index contributed by atoms with van der Waals surface area (Å²) >= 11 is 10.3. The van der Waals surface area contributed by atoms with E-state index in [1.807, 2.05) is 0 Å². The van der Waals surface area contributed by atoms with Crippen LogP contribution in [0, 0.1) is 0 Å². The lowest BCUT2D eigenvalue weighted by Gasteiger charge is -2.15. The predicted octanol–water partition coefficient (Wildman–Crippen LogP) is 0.972. The van der Waals surface area contributed by atoms with Crippen molar-refractivity contribution in [3.8, 4) is 5.75 Å². The summed E-state index contributed by atoms with van der Waals surface area (Å²) in [6, 6.07) is 6.77. The van der Waals surface area contributed by atoms with Crippen molar-refractivity contribution in [2.24, 2.45) is 5.73 Å². The normalized spacial score (nSPS) is 11.4. The van der Waals surface area contributed by atoms with Crippen molar-refractivity contribution in [1.82, 2.24) is 10.9 Å².